The number of hydrogen-bond acceptors (Lipinski definition) is 6. The predicted octanol–water partition coefficient (Wildman–Crippen LogP) is 3.89. The number of methoxy groups -OCH3 is 1. The van der Waals surface area contributed by atoms with Gasteiger partial charge >= 0.3 is 0 Å². The molecule has 0 heterocycles. The van der Waals surface area contributed by atoms with Gasteiger partial charge in [0.15, 0.2) is 0 Å². The summed E-state index contributed by atoms with van der Waals surface area (Å²) in [6.07, 6.45) is 4.83. The van der Waals surface area contributed by atoms with E-state index in [1.165, 1.54) is 0 Å². The van der Waals surface area contributed by atoms with Gasteiger partial charge in [-0.1, -0.05) is 49.6 Å². The second-order valence-corrected chi connectivity index (χ2v) is 6.73. The SMILES string of the molecule is COc1ccc(COC(C=O)CCCCCCC(=O)NO)cc1.Nc1ccccc1. The number of benzene rings is 2. The number of rotatable bonds is 12. The fourth-order valence-electron chi connectivity index (χ4n) is 2.61. The Morgan fingerprint density at radius 1 is 1.07 bits per heavy atom. The van der Waals surface area contributed by atoms with Crippen molar-refractivity contribution in [3.63, 3.8) is 0 Å². The second-order valence-electron chi connectivity index (χ2n) is 6.73. The number of anilines is 1. The lowest BCUT2D eigenvalue weighted by Gasteiger charge is -2.12. The van der Waals surface area contributed by atoms with Crippen molar-refractivity contribution in [3.05, 3.63) is 60.2 Å². The van der Waals surface area contributed by atoms with E-state index in [4.69, 9.17) is 20.4 Å². The molecule has 0 fully saturated rings. The van der Waals surface area contributed by atoms with Crippen molar-refractivity contribution in [1.29, 1.82) is 0 Å². The highest BCUT2D eigenvalue weighted by molar-refractivity contribution is 5.74. The van der Waals surface area contributed by atoms with Crippen molar-refractivity contribution >= 4 is 17.9 Å². The van der Waals surface area contributed by atoms with E-state index in [9.17, 15) is 9.59 Å². The largest absolute Gasteiger partial charge is 0.497 e. The zero-order valence-electron chi connectivity index (χ0n) is 17.5. The second kappa shape index (κ2) is 16.0. The summed E-state index contributed by atoms with van der Waals surface area (Å²) >= 11 is 0. The molecule has 0 spiro atoms. The van der Waals surface area contributed by atoms with Crippen LogP contribution in [0.2, 0.25) is 0 Å². The van der Waals surface area contributed by atoms with Gasteiger partial charge in [-0.2, -0.15) is 0 Å². The Labute approximate surface area is 178 Å². The molecule has 164 valence electrons. The van der Waals surface area contributed by atoms with E-state index >= 15 is 0 Å². The first-order valence-electron chi connectivity index (χ1n) is 10.0. The normalized spacial score (nSPS) is 11.0. The average molecular weight is 417 g/mol. The molecular weight excluding hydrogens is 384 g/mol. The van der Waals surface area contributed by atoms with Crippen molar-refractivity contribution in [3.8, 4) is 5.75 Å². The zero-order valence-corrected chi connectivity index (χ0v) is 17.5. The molecule has 0 saturated carbocycles. The first-order valence-corrected chi connectivity index (χ1v) is 10.0. The van der Waals surface area contributed by atoms with E-state index < -0.39 is 6.10 Å². The molecule has 0 aromatic heterocycles. The number of hydrogen-bond donors (Lipinski definition) is 3. The van der Waals surface area contributed by atoms with Crippen molar-refractivity contribution in [2.75, 3.05) is 12.8 Å². The first-order chi connectivity index (χ1) is 14.6. The fraction of sp³-hybridized carbons (Fsp3) is 0.391. The van der Waals surface area contributed by atoms with Gasteiger partial charge in [0.1, 0.15) is 18.1 Å². The maximum atomic E-state index is 11.0. The summed E-state index contributed by atoms with van der Waals surface area (Å²) in [6.45, 7) is 0.393. The number of carbonyl (C=O) groups is 2. The smallest absolute Gasteiger partial charge is 0.243 e. The van der Waals surface area contributed by atoms with Gasteiger partial charge in [0.05, 0.1) is 13.7 Å². The molecular formula is C23H32N2O5. The van der Waals surface area contributed by atoms with Crippen LogP contribution in [0, 0.1) is 0 Å². The molecule has 1 atom stereocenters. The van der Waals surface area contributed by atoms with Crippen molar-refractivity contribution in [2.45, 2.75) is 51.2 Å². The van der Waals surface area contributed by atoms with E-state index in [1.807, 2.05) is 54.6 Å². The van der Waals surface area contributed by atoms with Crippen molar-refractivity contribution < 1.29 is 24.3 Å². The van der Waals surface area contributed by atoms with Crippen LogP contribution in [-0.2, 0) is 20.9 Å². The van der Waals surface area contributed by atoms with Gasteiger partial charge < -0.3 is 20.0 Å². The summed E-state index contributed by atoms with van der Waals surface area (Å²) in [6, 6.07) is 17.0. The number of aldehydes is 1. The summed E-state index contributed by atoms with van der Waals surface area (Å²) in [4.78, 5) is 21.9. The minimum atomic E-state index is -0.405. The quantitative estimate of drug-likeness (QED) is 0.159. The molecule has 1 unspecified atom stereocenters. The third kappa shape index (κ3) is 11.8. The highest BCUT2D eigenvalue weighted by Gasteiger charge is 2.08. The summed E-state index contributed by atoms with van der Waals surface area (Å²) in [5.74, 6) is 0.425. The van der Waals surface area contributed by atoms with Gasteiger partial charge in [-0.15, -0.1) is 0 Å². The Kier molecular flexibility index (Phi) is 13.4. The third-order valence-corrected chi connectivity index (χ3v) is 4.34. The van der Waals surface area contributed by atoms with Crippen molar-refractivity contribution in [2.24, 2.45) is 0 Å². The lowest BCUT2D eigenvalue weighted by Crippen LogP contribution is -2.17. The molecule has 30 heavy (non-hydrogen) atoms. The molecule has 2 aromatic carbocycles. The molecule has 0 saturated heterocycles. The molecule has 0 aliphatic carbocycles. The topological polar surface area (TPSA) is 111 Å². The van der Waals surface area contributed by atoms with Gasteiger partial charge in [-0.3, -0.25) is 10.0 Å². The molecule has 4 N–H and O–H groups in total. The maximum Gasteiger partial charge on any atom is 0.243 e. The third-order valence-electron chi connectivity index (χ3n) is 4.34. The molecule has 7 heteroatoms. The van der Waals surface area contributed by atoms with Crippen LogP contribution in [0.1, 0.15) is 44.1 Å². The number of nitrogens with two attached hydrogens (primary N) is 1. The summed E-state index contributed by atoms with van der Waals surface area (Å²) in [5, 5.41) is 8.36. The Bertz CT molecular complexity index is 707. The van der Waals surface area contributed by atoms with Crippen molar-refractivity contribution in [1.82, 2.24) is 5.48 Å². The lowest BCUT2D eigenvalue weighted by molar-refractivity contribution is -0.129. The summed E-state index contributed by atoms with van der Waals surface area (Å²) in [5.41, 5.74) is 8.78. The number of nitrogens with one attached hydrogen (secondary N) is 1. The number of hydroxylamine groups is 1. The van der Waals surface area contributed by atoms with Gasteiger partial charge in [0, 0.05) is 12.1 Å². The van der Waals surface area contributed by atoms with E-state index in [0.29, 0.717) is 19.4 Å². The van der Waals surface area contributed by atoms with Crippen LogP contribution < -0.4 is 16.0 Å². The first kappa shape index (κ1) is 25.1. The number of carbonyl (C=O) groups excluding carboxylic acids is 2. The molecule has 0 radical (unpaired) electrons. The number of unbranched alkanes of at least 4 members (excludes halogenated alkanes) is 3. The molecule has 7 nitrogen and oxygen atoms in total. The van der Waals surface area contributed by atoms with Crippen LogP contribution in [0.25, 0.3) is 0 Å². The Morgan fingerprint density at radius 2 is 1.73 bits per heavy atom. The van der Waals surface area contributed by atoms with E-state index in [0.717, 1.165) is 49.0 Å². The number of ether oxygens (including phenoxy) is 2. The molecule has 2 rings (SSSR count). The van der Waals surface area contributed by atoms with Gasteiger partial charge in [-0.05, 0) is 42.7 Å². The van der Waals surface area contributed by atoms with E-state index in [-0.39, 0.29) is 5.91 Å². The highest BCUT2D eigenvalue weighted by atomic mass is 16.5. The van der Waals surface area contributed by atoms with Crippen LogP contribution in [0.5, 0.6) is 5.75 Å². The van der Waals surface area contributed by atoms with Crippen LogP contribution in [0.4, 0.5) is 5.69 Å². The predicted molar refractivity (Wildman–Crippen MR) is 116 cm³/mol. The number of para-hydroxylation sites is 1. The van der Waals surface area contributed by atoms with Crippen LogP contribution >= 0.6 is 0 Å². The number of amides is 1. The minimum Gasteiger partial charge on any atom is -0.497 e. The molecule has 2 aromatic rings. The van der Waals surface area contributed by atoms with E-state index in [1.54, 1.807) is 12.6 Å². The molecule has 0 aliphatic rings. The molecule has 0 aliphatic heterocycles. The van der Waals surface area contributed by atoms with Crippen LogP contribution in [-0.4, -0.2) is 30.6 Å². The average Bonchev–Trinajstić information content (AvgIpc) is 2.79. The Morgan fingerprint density at radius 3 is 2.27 bits per heavy atom. The fourth-order valence-corrected chi connectivity index (χ4v) is 2.61. The minimum absolute atomic E-state index is 0.321. The standard InChI is InChI=1S/C17H25NO5.C6H7N/c1-22-15-10-8-14(9-11-15)13-23-16(12-19)6-4-2-3-5-7-17(20)18-21;7-6-4-2-1-3-5-6/h8-12,16,21H,2-7,13H2,1H3,(H,18,20);1-5H,7H2. The highest BCUT2D eigenvalue weighted by Crippen LogP contribution is 2.14. The Balaban J connectivity index is 0.000000539. The summed E-state index contributed by atoms with van der Waals surface area (Å²) in [7, 11) is 1.62. The molecule has 1 amide bonds. The van der Waals surface area contributed by atoms with E-state index in [2.05, 4.69) is 0 Å². The summed E-state index contributed by atoms with van der Waals surface area (Å²) < 4.78 is 10.7. The zero-order chi connectivity index (χ0) is 22.0. The number of nitrogen functional groups attached to an aromatic ring is 1. The molecule has 0 bridgehead atoms. The maximum absolute atomic E-state index is 11.0. The van der Waals surface area contributed by atoms with Crippen LogP contribution in [0.3, 0.4) is 0 Å². The lowest BCUT2D eigenvalue weighted by atomic mass is 10.1. The van der Waals surface area contributed by atoms with Crippen LogP contribution in [0.15, 0.2) is 54.6 Å². The van der Waals surface area contributed by atoms with Gasteiger partial charge in [0.2, 0.25) is 5.91 Å². The van der Waals surface area contributed by atoms with Gasteiger partial charge in [-0.25, -0.2) is 5.48 Å². The Hall–Kier alpha value is -2.90. The van der Waals surface area contributed by atoms with Gasteiger partial charge in [0.25, 0.3) is 0 Å². The monoisotopic (exact) mass is 416 g/mol.